The number of anilines is 2. The standard InChI is InChI=1S/C51H79N2O8PSi2/c1-21-55-46-44(54-15)37-36-43(45(46)56-38(2)3)53(40-28-24-22-25-29-40)62(50(52(13)14,60-63(16,17)18)61-64(19,20)49(10,11)12)51(59-48(7,8)9,57-41-30-26-23-27-31-41)58-42-34-32-39(33-35-42)47(4,5)6/h22-38H,21H2,1-20H3. The van der Waals surface area contributed by atoms with Crippen molar-refractivity contribution in [3.63, 3.8) is 0 Å². The van der Waals surface area contributed by atoms with Gasteiger partial charge in [0.05, 0.1) is 31.1 Å². The number of hydrogen-bond acceptors (Lipinski definition) is 10. The molecule has 3 atom stereocenters. The second kappa shape index (κ2) is 20.5. The van der Waals surface area contributed by atoms with Crippen LogP contribution in [0.1, 0.15) is 88.6 Å². The van der Waals surface area contributed by atoms with Gasteiger partial charge in [-0.15, -0.1) is 0 Å². The fourth-order valence-electron chi connectivity index (χ4n) is 6.60. The summed E-state index contributed by atoms with van der Waals surface area (Å²) in [4.78, 5) is 2.06. The zero-order valence-corrected chi connectivity index (χ0v) is 45.5. The first-order chi connectivity index (χ1) is 29.5. The van der Waals surface area contributed by atoms with E-state index in [1.54, 1.807) is 7.11 Å². The number of benzene rings is 4. The minimum absolute atomic E-state index is 0.101. The summed E-state index contributed by atoms with van der Waals surface area (Å²) in [6, 6.07) is 32.0. The summed E-state index contributed by atoms with van der Waals surface area (Å²) < 4.78 is 60.3. The average Bonchev–Trinajstić information content (AvgIpc) is 3.16. The van der Waals surface area contributed by atoms with Gasteiger partial charge in [-0.05, 0) is 153 Å². The van der Waals surface area contributed by atoms with Crippen LogP contribution in [0.25, 0.3) is 0 Å². The maximum Gasteiger partial charge on any atom is 0.416 e. The Balaban J connectivity index is 2.45. The zero-order valence-electron chi connectivity index (χ0n) is 42.6. The van der Waals surface area contributed by atoms with Gasteiger partial charge in [0.2, 0.25) is 13.8 Å². The summed E-state index contributed by atoms with van der Waals surface area (Å²) in [6.45, 7) is 36.8. The van der Waals surface area contributed by atoms with Crippen molar-refractivity contribution in [3.05, 3.63) is 103 Å². The van der Waals surface area contributed by atoms with Gasteiger partial charge in [-0.2, -0.15) is 0 Å². The Kier molecular flexibility index (Phi) is 17.0. The van der Waals surface area contributed by atoms with Crippen molar-refractivity contribution < 1.29 is 37.3 Å². The topological polar surface area (TPSA) is 80.3 Å². The average molecular weight is 935 g/mol. The third kappa shape index (κ3) is 13.0. The SMILES string of the molecule is CCOc1c(OC)ccc(N(c2ccccc2)P(C(Oc2ccccc2)(Oc2ccc(C(C)(C)C)cc2)OC(C)(C)C)C(O[Si](C)(C)C)(O[Si](C)(C)C(C)(C)C)N(C)C)c1OC(C)C. The second-order valence-electron chi connectivity index (χ2n) is 21.1. The highest BCUT2D eigenvalue weighted by Gasteiger charge is 2.68. The van der Waals surface area contributed by atoms with Crippen LogP contribution in [0.5, 0.6) is 28.7 Å². The van der Waals surface area contributed by atoms with E-state index in [-0.39, 0.29) is 16.6 Å². The lowest BCUT2D eigenvalue weighted by atomic mass is 9.87. The Morgan fingerprint density at radius 1 is 0.656 bits per heavy atom. The molecule has 3 unspecified atom stereocenters. The minimum atomic E-state index is -2.84. The van der Waals surface area contributed by atoms with E-state index < -0.39 is 41.7 Å². The third-order valence-electron chi connectivity index (χ3n) is 10.5. The molecule has 0 aliphatic rings. The van der Waals surface area contributed by atoms with E-state index in [1.807, 2.05) is 128 Å². The van der Waals surface area contributed by atoms with Crippen LogP contribution in [-0.4, -0.2) is 72.4 Å². The Labute approximate surface area is 389 Å². The number of methoxy groups -OCH3 is 1. The van der Waals surface area contributed by atoms with Crippen LogP contribution in [0.2, 0.25) is 37.8 Å². The molecule has 10 nitrogen and oxygen atoms in total. The molecule has 0 amide bonds. The molecule has 4 aromatic carbocycles. The highest BCUT2D eigenvalue weighted by atomic mass is 31.1. The van der Waals surface area contributed by atoms with Crippen LogP contribution in [0, 0.1) is 0 Å². The van der Waals surface area contributed by atoms with Gasteiger partial charge in [0.15, 0.2) is 28.1 Å². The van der Waals surface area contributed by atoms with Gasteiger partial charge in [0.25, 0.3) is 5.65 Å². The lowest BCUT2D eigenvalue weighted by Gasteiger charge is -2.58. The molecule has 0 bridgehead atoms. The fraction of sp³-hybridized carbons (Fsp3) is 0.529. The van der Waals surface area contributed by atoms with E-state index in [2.05, 4.69) is 108 Å². The number of ether oxygens (including phenoxy) is 6. The van der Waals surface area contributed by atoms with Gasteiger partial charge in [0.1, 0.15) is 11.5 Å². The van der Waals surface area contributed by atoms with E-state index in [9.17, 15) is 0 Å². The van der Waals surface area contributed by atoms with Crippen molar-refractivity contribution >= 4 is 36.1 Å². The van der Waals surface area contributed by atoms with Crippen LogP contribution in [0.15, 0.2) is 97.1 Å². The van der Waals surface area contributed by atoms with Crippen molar-refractivity contribution in [1.29, 1.82) is 0 Å². The first kappa shape index (κ1) is 53.0. The Morgan fingerprint density at radius 3 is 1.62 bits per heavy atom. The van der Waals surface area contributed by atoms with Gasteiger partial charge in [-0.3, -0.25) is 9.64 Å². The van der Waals surface area contributed by atoms with Crippen molar-refractivity contribution in [2.45, 2.75) is 149 Å². The maximum atomic E-state index is 8.04. The molecule has 13 heteroatoms. The maximum absolute atomic E-state index is 8.04. The molecule has 0 saturated carbocycles. The summed E-state index contributed by atoms with van der Waals surface area (Å²) in [7, 11) is -2.19. The summed E-state index contributed by atoms with van der Waals surface area (Å²) in [6.07, 6.45) is -0.261. The molecule has 0 aliphatic carbocycles. The first-order valence-electron chi connectivity index (χ1n) is 22.5. The lowest BCUT2D eigenvalue weighted by molar-refractivity contribution is -0.286. The van der Waals surface area contributed by atoms with Gasteiger partial charge >= 0.3 is 5.71 Å². The van der Waals surface area contributed by atoms with Gasteiger partial charge in [-0.25, -0.2) is 0 Å². The van der Waals surface area contributed by atoms with E-state index in [0.717, 1.165) is 11.3 Å². The summed E-state index contributed by atoms with van der Waals surface area (Å²) >= 11 is 0. The molecule has 0 radical (unpaired) electrons. The van der Waals surface area contributed by atoms with Crippen molar-refractivity contribution in [2.24, 2.45) is 0 Å². The largest absolute Gasteiger partial charge is 0.493 e. The predicted octanol–water partition coefficient (Wildman–Crippen LogP) is 14.3. The first-order valence-corrected chi connectivity index (χ1v) is 30.1. The molecule has 0 aromatic heterocycles. The summed E-state index contributed by atoms with van der Waals surface area (Å²) in [5.74, 6) is 2.52. The molecule has 4 rings (SSSR count). The van der Waals surface area contributed by atoms with E-state index in [0.29, 0.717) is 41.0 Å². The third-order valence-corrected chi connectivity index (χ3v) is 18.9. The minimum Gasteiger partial charge on any atom is -0.493 e. The van der Waals surface area contributed by atoms with Crippen molar-refractivity contribution in [1.82, 2.24) is 4.90 Å². The van der Waals surface area contributed by atoms with E-state index in [4.69, 9.17) is 37.3 Å². The molecule has 0 N–H and O–H groups in total. The number of rotatable bonds is 20. The van der Waals surface area contributed by atoms with Crippen LogP contribution in [0.3, 0.4) is 0 Å². The highest BCUT2D eigenvalue weighted by Crippen LogP contribution is 2.71. The molecule has 0 aliphatic heterocycles. The Morgan fingerprint density at radius 2 is 1.19 bits per heavy atom. The van der Waals surface area contributed by atoms with Crippen molar-refractivity contribution in [3.8, 4) is 28.7 Å². The van der Waals surface area contributed by atoms with Gasteiger partial charge in [-0.1, -0.05) is 90.1 Å². The summed E-state index contributed by atoms with van der Waals surface area (Å²) in [5.41, 5.74) is -2.05. The second-order valence-corrected chi connectivity index (χ2v) is 32.3. The smallest absolute Gasteiger partial charge is 0.416 e. The Hall–Kier alpha value is -3.62. The normalized spacial score (nSPS) is 15.3. The zero-order chi connectivity index (χ0) is 48.1. The molecule has 354 valence electrons. The molecule has 0 heterocycles. The summed E-state index contributed by atoms with van der Waals surface area (Å²) in [5, 5.41) is -0.263. The molecule has 4 aromatic rings. The molecule has 64 heavy (non-hydrogen) atoms. The van der Waals surface area contributed by atoms with Crippen LogP contribution < -0.4 is 28.4 Å². The van der Waals surface area contributed by atoms with Gasteiger partial charge in [0, 0.05) is 5.69 Å². The van der Waals surface area contributed by atoms with Crippen LogP contribution in [-0.2, 0) is 19.0 Å². The number of nitrogens with zero attached hydrogens (tertiary/aromatic N) is 2. The van der Waals surface area contributed by atoms with Gasteiger partial charge < -0.3 is 37.2 Å². The molecule has 0 spiro atoms. The lowest BCUT2D eigenvalue weighted by Crippen LogP contribution is -2.66. The predicted molar refractivity (Wildman–Crippen MR) is 271 cm³/mol. The molecular formula is C51H79N2O8PSi2. The van der Waals surface area contributed by atoms with E-state index in [1.165, 1.54) is 0 Å². The monoisotopic (exact) mass is 935 g/mol. The highest BCUT2D eigenvalue weighted by molar-refractivity contribution is 7.62. The van der Waals surface area contributed by atoms with Crippen LogP contribution >= 0.6 is 8.07 Å². The molecule has 0 fully saturated rings. The molecular weight excluding hydrogens is 856 g/mol. The fourth-order valence-corrected chi connectivity index (χ4v) is 13.8. The number of para-hydroxylation sites is 2. The number of hydrogen-bond donors (Lipinski definition) is 0. The quantitative estimate of drug-likeness (QED) is 0.0485. The van der Waals surface area contributed by atoms with E-state index >= 15 is 0 Å². The Bertz CT molecular complexity index is 2080. The molecule has 0 saturated heterocycles. The van der Waals surface area contributed by atoms with Crippen LogP contribution in [0.4, 0.5) is 11.4 Å². The van der Waals surface area contributed by atoms with Crippen molar-refractivity contribution in [2.75, 3.05) is 32.5 Å².